The first-order valence-corrected chi connectivity index (χ1v) is 23.0. The SMILES string of the molecule is COCC(=O)CO[C@@H]1[C@@H](O)[C@H]2O[C@H]3[C@H](O)[C@@H](O)[C@@H](O[C@H]4[C@H](O)[C@@H](O)[C@@H](O[C@H]5[C@H](O)[C@@H](O)[C@@H](O[C@H]6[C@H](O)[C@@H](O)[C@@H](O[C@H]7[C@H](O)[C@@H](O)[C@@H](O[C@H]1[C@@H](CO)O2)O[C@@H]7CO)O[C@@H]6CO)O[C@@H]5CO)O[C@@H]4CO)O[C@@H]3CO. The van der Waals surface area contributed by atoms with Gasteiger partial charge in [0.1, 0.15) is 160 Å². The maximum Gasteiger partial charge on any atom is 0.187 e. The summed E-state index contributed by atoms with van der Waals surface area (Å²) in [5.41, 5.74) is 0. The van der Waals surface area contributed by atoms with Gasteiger partial charge in [0.05, 0.1) is 39.6 Å². The van der Waals surface area contributed by atoms with Gasteiger partial charge in [0, 0.05) is 7.11 Å². The van der Waals surface area contributed by atoms with Crippen LogP contribution >= 0.6 is 0 Å². The number of methoxy groups -OCH3 is 1. The van der Waals surface area contributed by atoms with E-state index < -0.39 is 243 Å². The van der Waals surface area contributed by atoms with E-state index in [1.54, 1.807) is 0 Å². The van der Waals surface area contributed by atoms with Crippen molar-refractivity contribution in [3.05, 3.63) is 0 Å². The molecule has 12 bridgehead atoms. The van der Waals surface area contributed by atoms with Gasteiger partial charge >= 0.3 is 0 Å². The molecule has 0 spiro atoms. The number of ketones is 1. The van der Waals surface area contributed by atoms with Crippen LogP contribution in [0.4, 0.5) is 0 Å². The highest BCUT2D eigenvalue weighted by Crippen LogP contribution is 2.38. The molecule has 418 valence electrons. The molecule has 0 aliphatic carbocycles. The average Bonchev–Trinajstić information content (AvgIpc) is 3.37. The number of carbonyl (C=O) groups is 1. The molecule has 22 aliphatic heterocycles. The first kappa shape index (κ1) is 58.1. The van der Waals surface area contributed by atoms with E-state index in [1.165, 1.54) is 7.11 Å². The second-order valence-corrected chi connectivity index (χ2v) is 18.1. The van der Waals surface area contributed by atoms with Crippen LogP contribution in [0.3, 0.4) is 0 Å². The molecule has 22 saturated heterocycles. The molecule has 0 aromatic heterocycles. The standard InChI is InChI=1S/C40H66O32/c1-59-8-10(47)9-60-34-27(58)40-66-16(7-46)33(34)72-39-26(57)21(52)31(14(5-44)65-39)70-37-24(55)19(50)29(12(3-42)63-37)68-35-22(53)17(48)28(11(2-41)61-35)67-36-23(54)18(49)30(13(4-43)62-36)69-38-25(56)20(51)32(71-40)15(6-45)64-38/h11-46,48-58H,2-9H2,1H3/t11-,12-,13-,14-,15-,16-,17-,18-,19-,20-,21-,22-,23-,24-,25-,26-,27-,28-,29-,30-,31-,32-,33+,34-,35-,36-,37-,38-,39-,40-/m1/s1. The molecule has 0 saturated carbocycles. The lowest BCUT2D eigenvalue weighted by Gasteiger charge is -2.51. The van der Waals surface area contributed by atoms with Crippen molar-refractivity contribution in [2.24, 2.45) is 0 Å². The molecule has 30 atom stereocenters. The van der Waals surface area contributed by atoms with Gasteiger partial charge in [-0.1, -0.05) is 0 Å². The smallest absolute Gasteiger partial charge is 0.187 e. The topological polar surface area (TPSA) is 490 Å². The monoisotopic (exact) mass is 1060 g/mol. The van der Waals surface area contributed by atoms with Crippen LogP contribution in [0.5, 0.6) is 0 Å². The molecule has 22 fully saturated rings. The lowest BCUT2D eigenvalue weighted by atomic mass is 9.94. The minimum absolute atomic E-state index is 0.484. The summed E-state index contributed by atoms with van der Waals surface area (Å²) in [5.74, 6) is -0.690. The Morgan fingerprint density at radius 2 is 0.542 bits per heavy atom. The van der Waals surface area contributed by atoms with Gasteiger partial charge in [0.25, 0.3) is 0 Å². The summed E-state index contributed by atoms with van der Waals surface area (Å²) in [7, 11) is 1.20. The van der Waals surface area contributed by atoms with Crippen LogP contribution in [0.15, 0.2) is 0 Å². The Labute approximate surface area is 407 Å². The summed E-state index contributed by atoms with van der Waals surface area (Å²) in [4.78, 5) is 12.6. The van der Waals surface area contributed by atoms with E-state index >= 15 is 0 Å². The Hall–Kier alpha value is -1.57. The summed E-state index contributed by atoms with van der Waals surface area (Å²) in [6, 6.07) is 0. The third kappa shape index (κ3) is 11.8. The highest BCUT2D eigenvalue weighted by molar-refractivity contribution is 5.80. The lowest BCUT2D eigenvalue weighted by molar-refractivity contribution is -0.404. The summed E-state index contributed by atoms with van der Waals surface area (Å²) in [6.07, 6.45) is -58.8. The minimum Gasteiger partial charge on any atom is -0.394 e. The molecule has 0 aromatic rings. The van der Waals surface area contributed by atoms with Crippen molar-refractivity contribution < 1.29 is 158 Å². The lowest BCUT2D eigenvalue weighted by Crippen LogP contribution is -2.69. The fourth-order valence-corrected chi connectivity index (χ4v) is 9.50. The Kier molecular flexibility index (Phi) is 20.4. The highest BCUT2D eigenvalue weighted by atomic mass is 16.8. The predicted octanol–water partition coefficient (Wildman–Crippen LogP) is -12.8. The Balaban J connectivity index is 1.22. The molecule has 0 radical (unpaired) electrons. The van der Waals surface area contributed by atoms with Crippen LogP contribution in [-0.2, 0) is 71.1 Å². The highest BCUT2D eigenvalue weighted by Gasteiger charge is 2.59. The molecule has 0 aromatic carbocycles. The third-order valence-electron chi connectivity index (χ3n) is 13.4. The Morgan fingerprint density at radius 1 is 0.319 bits per heavy atom. The number of hydrogen-bond acceptors (Lipinski definition) is 32. The van der Waals surface area contributed by atoms with Crippen LogP contribution in [0.25, 0.3) is 0 Å². The van der Waals surface area contributed by atoms with Crippen LogP contribution in [-0.4, -0.2) is 337 Å². The van der Waals surface area contributed by atoms with Crippen molar-refractivity contribution in [1.29, 1.82) is 0 Å². The van der Waals surface area contributed by atoms with Gasteiger partial charge < -0.3 is 153 Å². The number of carbonyl (C=O) groups excluding carboxylic acids is 1. The molecule has 32 nitrogen and oxygen atoms in total. The van der Waals surface area contributed by atoms with Gasteiger partial charge in [-0.3, -0.25) is 4.79 Å². The quantitative estimate of drug-likeness (QED) is 0.0913. The normalized spacial score (nSPS) is 51.7. The van der Waals surface area contributed by atoms with E-state index in [1.807, 2.05) is 0 Å². The molecule has 32 heteroatoms. The van der Waals surface area contributed by atoms with Crippen molar-refractivity contribution in [3.63, 3.8) is 0 Å². The van der Waals surface area contributed by atoms with Gasteiger partial charge in [-0.05, 0) is 0 Å². The van der Waals surface area contributed by atoms with Crippen molar-refractivity contribution in [2.45, 2.75) is 184 Å². The zero-order valence-corrected chi connectivity index (χ0v) is 38.2. The predicted molar refractivity (Wildman–Crippen MR) is 216 cm³/mol. The van der Waals surface area contributed by atoms with Crippen molar-refractivity contribution in [3.8, 4) is 0 Å². The third-order valence-corrected chi connectivity index (χ3v) is 13.4. The van der Waals surface area contributed by atoms with Crippen LogP contribution in [0, 0.1) is 0 Å². The number of hydrogen-bond donors (Lipinski definition) is 17. The van der Waals surface area contributed by atoms with E-state index in [0.717, 1.165) is 0 Å². The summed E-state index contributed by atoms with van der Waals surface area (Å²) in [5, 5.41) is 187. The second-order valence-electron chi connectivity index (χ2n) is 18.1. The zero-order chi connectivity index (χ0) is 52.5. The largest absolute Gasteiger partial charge is 0.394 e. The first-order chi connectivity index (χ1) is 34.4. The fraction of sp³-hybridized carbons (Fsp3) is 0.975. The molecule has 22 rings (SSSR count). The molecule has 17 N–H and O–H groups in total. The van der Waals surface area contributed by atoms with Crippen LogP contribution in [0.2, 0.25) is 0 Å². The molecule has 22 aliphatic rings. The van der Waals surface area contributed by atoms with E-state index in [9.17, 15) is 91.6 Å². The number of ether oxygens (including phenoxy) is 14. The molecular weight excluding hydrogens is 992 g/mol. The summed E-state index contributed by atoms with van der Waals surface area (Å²) < 4.78 is 79.6. The number of aliphatic hydroxyl groups excluding tert-OH is 17. The van der Waals surface area contributed by atoms with E-state index in [-0.39, 0.29) is 0 Å². The fourth-order valence-electron chi connectivity index (χ4n) is 9.50. The maximum absolute atomic E-state index is 12.6. The zero-order valence-electron chi connectivity index (χ0n) is 38.2. The van der Waals surface area contributed by atoms with Crippen LogP contribution in [0.1, 0.15) is 0 Å². The van der Waals surface area contributed by atoms with E-state index in [4.69, 9.17) is 66.3 Å². The van der Waals surface area contributed by atoms with Gasteiger partial charge in [-0.15, -0.1) is 0 Å². The molecule has 0 amide bonds. The number of aliphatic hydroxyl groups is 17. The van der Waals surface area contributed by atoms with Gasteiger partial charge in [0.15, 0.2) is 43.5 Å². The van der Waals surface area contributed by atoms with Crippen molar-refractivity contribution in [2.75, 3.05) is 60.0 Å². The van der Waals surface area contributed by atoms with Crippen molar-refractivity contribution in [1.82, 2.24) is 0 Å². The number of Topliss-reactive ketones (excluding diaryl/α,β-unsaturated/α-hetero) is 1. The van der Waals surface area contributed by atoms with E-state index in [0.29, 0.717) is 0 Å². The van der Waals surface area contributed by atoms with Gasteiger partial charge in [-0.25, -0.2) is 0 Å². The van der Waals surface area contributed by atoms with E-state index in [2.05, 4.69) is 0 Å². The molecular formula is C40H66O32. The summed E-state index contributed by atoms with van der Waals surface area (Å²) >= 11 is 0. The average molecular weight is 1060 g/mol. The van der Waals surface area contributed by atoms with Crippen molar-refractivity contribution >= 4 is 5.78 Å². The minimum atomic E-state index is -2.19. The number of rotatable bonds is 11. The maximum atomic E-state index is 12.6. The van der Waals surface area contributed by atoms with Gasteiger partial charge in [0.2, 0.25) is 0 Å². The Bertz CT molecular complexity index is 1680. The molecule has 72 heavy (non-hydrogen) atoms. The summed E-state index contributed by atoms with van der Waals surface area (Å²) in [6.45, 7) is -7.39. The van der Waals surface area contributed by atoms with Gasteiger partial charge in [-0.2, -0.15) is 0 Å². The molecule has 0 unspecified atom stereocenters. The first-order valence-electron chi connectivity index (χ1n) is 23.0. The Morgan fingerprint density at radius 3 is 0.778 bits per heavy atom. The second kappa shape index (κ2) is 25.3. The van der Waals surface area contributed by atoms with Crippen LogP contribution < -0.4 is 0 Å². The molecule has 22 heterocycles.